The van der Waals surface area contributed by atoms with Gasteiger partial charge in [-0.25, -0.2) is 0 Å². The molecule has 1 saturated carbocycles. The molecule has 2 heteroatoms. The first-order chi connectivity index (χ1) is 11.3. The molecule has 0 aromatic heterocycles. The summed E-state index contributed by atoms with van der Waals surface area (Å²) in [7, 11) is -0.293. The molecule has 1 nitrogen and oxygen atoms in total. The Morgan fingerprint density at radius 2 is 2.09 bits per heavy atom. The van der Waals surface area contributed by atoms with Crippen LogP contribution < -0.4 is 0 Å². The highest BCUT2D eigenvalue weighted by molar-refractivity contribution is 6.39. The zero-order chi connectivity index (χ0) is 15.7. The quantitative estimate of drug-likeness (QED) is 0.576. The second-order valence-corrected chi connectivity index (χ2v) is 10.2. The summed E-state index contributed by atoms with van der Waals surface area (Å²) in [6.07, 6.45) is 9.61. The van der Waals surface area contributed by atoms with Gasteiger partial charge in [-0.05, 0) is 56.9 Å². The van der Waals surface area contributed by atoms with Crippen molar-refractivity contribution in [3.05, 3.63) is 47.0 Å². The SMILES string of the molecule is CC(C1=C2CCC(C2)C1)C1([SiH2]Cc2ccccc2)CCCCO1. The van der Waals surface area contributed by atoms with E-state index < -0.39 is 0 Å². The molecule has 0 amide bonds. The van der Waals surface area contributed by atoms with E-state index >= 15 is 0 Å². The molecule has 1 aromatic carbocycles. The van der Waals surface area contributed by atoms with Crippen molar-refractivity contribution in [2.75, 3.05) is 6.61 Å². The predicted octanol–water partition coefficient (Wildman–Crippen LogP) is 4.39. The zero-order valence-corrected chi connectivity index (χ0v) is 15.9. The maximum Gasteiger partial charge on any atom is 0.0646 e. The Morgan fingerprint density at radius 3 is 2.74 bits per heavy atom. The second-order valence-electron chi connectivity index (χ2n) is 8.02. The van der Waals surface area contributed by atoms with Crippen LogP contribution in [0.25, 0.3) is 0 Å². The van der Waals surface area contributed by atoms with Gasteiger partial charge in [-0.3, -0.25) is 0 Å². The Labute approximate surface area is 143 Å². The van der Waals surface area contributed by atoms with Crippen molar-refractivity contribution in [1.29, 1.82) is 0 Å². The summed E-state index contributed by atoms with van der Waals surface area (Å²) in [4.78, 5) is 0. The van der Waals surface area contributed by atoms with E-state index in [-0.39, 0.29) is 14.7 Å². The number of hydrogen-bond acceptors (Lipinski definition) is 1. The highest BCUT2D eigenvalue weighted by Crippen LogP contribution is 2.50. The lowest BCUT2D eigenvalue weighted by molar-refractivity contribution is -0.0461. The van der Waals surface area contributed by atoms with E-state index in [1.165, 1.54) is 56.6 Å². The van der Waals surface area contributed by atoms with Crippen LogP contribution in [0.4, 0.5) is 0 Å². The largest absolute Gasteiger partial charge is 0.379 e. The third-order valence-electron chi connectivity index (χ3n) is 6.73. The average Bonchev–Trinajstić information content (AvgIpc) is 3.24. The monoisotopic (exact) mass is 326 g/mol. The van der Waals surface area contributed by atoms with Gasteiger partial charge < -0.3 is 4.74 Å². The van der Waals surface area contributed by atoms with Crippen LogP contribution in [0.3, 0.4) is 0 Å². The minimum absolute atomic E-state index is 0.237. The van der Waals surface area contributed by atoms with Gasteiger partial charge in [-0.15, -0.1) is 0 Å². The summed E-state index contributed by atoms with van der Waals surface area (Å²) in [6, 6.07) is 12.4. The third kappa shape index (κ3) is 3.08. The number of allylic oxidation sites excluding steroid dienone is 1. The smallest absolute Gasteiger partial charge is 0.0646 e. The molecular weight excluding hydrogens is 296 g/mol. The number of benzene rings is 1. The van der Waals surface area contributed by atoms with E-state index in [2.05, 4.69) is 37.3 Å². The molecule has 0 radical (unpaired) electrons. The third-order valence-corrected chi connectivity index (χ3v) is 9.57. The normalized spacial score (nSPS) is 32.1. The van der Waals surface area contributed by atoms with Crippen LogP contribution in [-0.2, 0) is 10.8 Å². The Balaban J connectivity index is 1.54. The van der Waals surface area contributed by atoms with Gasteiger partial charge >= 0.3 is 0 Å². The fraction of sp³-hybridized carbons (Fsp3) is 0.619. The lowest BCUT2D eigenvalue weighted by Gasteiger charge is -2.44. The van der Waals surface area contributed by atoms with Gasteiger partial charge in [-0.1, -0.05) is 54.0 Å². The summed E-state index contributed by atoms with van der Waals surface area (Å²) in [6.45, 7) is 3.50. The molecule has 0 spiro atoms. The maximum absolute atomic E-state index is 6.60. The first-order valence-corrected chi connectivity index (χ1v) is 11.4. The van der Waals surface area contributed by atoms with Crippen LogP contribution in [0.15, 0.2) is 41.5 Å². The second kappa shape index (κ2) is 6.56. The molecule has 4 rings (SSSR count). The predicted molar refractivity (Wildman–Crippen MR) is 99.4 cm³/mol. The lowest BCUT2D eigenvalue weighted by atomic mass is 9.84. The molecule has 3 aliphatic rings. The fourth-order valence-corrected chi connectivity index (χ4v) is 7.80. The van der Waals surface area contributed by atoms with E-state index in [4.69, 9.17) is 4.74 Å². The van der Waals surface area contributed by atoms with Crippen molar-refractivity contribution in [2.45, 2.75) is 63.1 Å². The number of ether oxygens (including phenoxy) is 1. The molecule has 2 bridgehead atoms. The van der Waals surface area contributed by atoms with E-state index in [9.17, 15) is 0 Å². The average molecular weight is 327 g/mol. The molecule has 0 N–H and O–H groups in total. The Hall–Kier alpha value is -0.863. The van der Waals surface area contributed by atoms with Crippen molar-refractivity contribution in [1.82, 2.24) is 0 Å². The van der Waals surface area contributed by atoms with Gasteiger partial charge in [0.25, 0.3) is 0 Å². The van der Waals surface area contributed by atoms with Crippen LogP contribution in [0.2, 0.25) is 0 Å². The van der Waals surface area contributed by atoms with Crippen LogP contribution in [0.1, 0.15) is 57.4 Å². The van der Waals surface area contributed by atoms with Crippen LogP contribution in [0, 0.1) is 11.8 Å². The van der Waals surface area contributed by atoms with Crippen molar-refractivity contribution >= 4 is 9.52 Å². The number of hydrogen-bond donors (Lipinski definition) is 0. The van der Waals surface area contributed by atoms with E-state index in [0.29, 0.717) is 5.92 Å². The van der Waals surface area contributed by atoms with Gasteiger partial charge in [0, 0.05) is 12.5 Å². The van der Waals surface area contributed by atoms with E-state index in [1.54, 1.807) is 0 Å². The molecule has 2 aliphatic carbocycles. The molecular formula is C21H30OSi. The van der Waals surface area contributed by atoms with Crippen molar-refractivity contribution in [2.24, 2.45) is 11.8 Å². The summed E-state index contributed by atoms with van der Waals surface area (Å²) < 4.78 is 6.60. The molecule has 1 heterocycles. The molecule has 1 aromatic rings. The van der Waals surface area contributed by atoms with Crippen molar-refractivity contribution in [3.8, 4) is 0 Å². The lowest BCUT2D eigenvalue weighted by Crippen LogP contribution is -2.49. The molecule has 1 saturated heterocycles. The van der Waals surface area contributed by atoms with E-state index in [1.807, 2.05) is 11.1 Å². The van der Waals surface area contributed by atoms with Gasteiger partial charge in [0.15, 0.2) is 0 Å². The first kappa shape index (κ1) is 15.7. The first-order valence-electron chi connectivity index (χ1n) is 9.65. The van der Waals surface area contributed by atoms with Gasteiger partial charge in [0.05, 0.1) is 14.7 Å². The standard InChI is InChI=1S/C21H30OSi/c1-16(20-14-18-9-10-19(20)13-18)21(11-5-6-12-22-21)23-15-17-7-3-2-4-8-17/h2-4,7-8,16,18H,5-6,9-15,23H2,1H3. The highest BCUT2D eigenvalue weighted by atomic mass is 28.2. The molecule has 23 heavy (non-hydrogen) atoms. The Bertz CT molecular complexity index is 571. The van der Waals surface area contributed by atoms with Gasteiger partial charge in [0.1, 0.15) is 0 Å². The molecule has 1 aliphatic heterocycles. The molecule has 2 fully saturated rings. The van der Waals surface area contributed by atoms with E-state index in [0.717, 1.165) is 12.5 Å². The van der Waals surface area contributed by atoms with Crippen molar-refractivity contribution in [3.63, 3.8) is 0 Å². The van der Waals surface area contributed by atoms with Crippen LogP contribution in [-0.4, -0.2) is 21.4 Å². The fourth-order valence-electron chi connectivity index (χ4n) is 5.28. The topological polar surface area (TPSA) is 9.23 Å². The molecule has 3 unspecified atom stereocenters. The van der Waals surface area contributed by atoms with Crippen molar-refractivity contribution < 1.29 is 4.74 Å². The zero-order valence-electron chi connectivity index (χ0n) is 14.5. The minimum Gasteiger partial charge on any atom is -0.379 e. The van der Waals surface area contributed by atoms with Crippen LogP contribution in [0.5, 0.6) is 0 Å². The number of fused-ring (bicyclic) bond motifs is 2. The van der Waals surface area contributed by atoms with Gasteiger partial charge in [0.2, 0.25) is 0 Å². The molecule has 3 atom stereocenters. The summed E-state index contributed by atoms with van der Waals surface area (Å²) in [5, 5.41) is 0.237. The highest BCUT2D eigenvalue weighted by Gasteiger charge is 2.43. The minimum atomic E-state index is -0.293. The summed E-state index contributed by atoms with van der Waals surface area (Å²) in [5.41, 5.74) is 5.17. The Kier molecular flexibility index (Phi) is 4.47. The Morgan fingerprint density at radius 1 is 1.22 bits per heavy atom. The number of rotatable bonds is 5. The van der Waals surface area contributed by atoms with Gasteiger partial charge in [-0.2, -0.15) is 0 Å². The molecule has 124 valence electrons. The summed E-state index contributed by atoms with van der Waals surface area (Å²) in [5.74, 6) is 1.66. The van der Waals surface area contributed by atoms with Crippen LogP contribution >= 0.6 is 0 Å². The summed E-state index contributed by atoms with van der Waals surface area (Å²) >= 11 is 0. The maximum atomic E-state index is 6.60.